The van der Waals surface area contributed by atoms with Crippen LogP contribution in [-0.4, -0.2) is 60.9 Å². The Morgan fingerprint density at radius 2 is 1.78 bits per heavy atom. The summed E-state index contributed by atoms with van der Waals surface area (Å²) in [6.07, 6.45) is 2.91. The first-order valence-corrected chi connectivity index (χ1v) is 9.76. The first kappa shape index (κ1) is 19.6. The Hall–Kier alpha value is -2.18. The molecule has 0 radical (unpaired) electrons. The van der Waals surface area contributed by atoms with Crippen molar-refractivity contribution in [2.24, 2.45) is 5.92 Å². The normalized spacial score (nSPS) is 21.1. The van der Waals surface area contributed by atoms with E-state index in [1.807, 2.05) is 16.7 Å². The van der Waals surface area contributed by atoms with Gasteiger partial charge in [-0.3, -0.25) is 9.59 Å². The summed E-state index contributed by atoms with van der Waals surface area (Å²) in [7, 11) is 0. The van der Waals surface area contributed by atoms with Crippen LogP contribution in [0.5, 0.6) is 0 Å². The van der Waals surface area contributed by atoms with Crippen LogP contribution in [0.25, 0.3) is 0 Å². The first-order valence-electron chi connectivity index (χ1n) is 9.76. The Labute approximate surface area is 158 Å². The SMILES string of the molecule is CCC(=O)N1CCCC(C(=O)N2CCCN(c3ccc(F)c(F)c3)CC2)C1. The number of amides is 2. The minimum Gasteiger partial charge on any atom is -0.370 e. The number of likely N-dealkylation sites (tertiary alicyclic amines) is 1. The molecule has 2 aliphatic rings. The van der Waals surface area contributed by atoms with Crippen molar-refractivity contribution in [2.45, 2.75) is 32.6 Å². The van der Waals surface area contributed by atoms with Gasteiger partial charge < -0.3 is 14.7 Å². The fourth-order valence-electron chi connectivity index (χ4n) is 3.96. The summed E-state index contributed by atoms with van der Waals surface area (Å²) in [5, 5.41) is 0. The number of nitrogens with zero attached hydrogens (tertiary/aromatic N) is 3. The third kappa shape index (κ3) is 4.57. The standard InChI is InChI=1S/C20H27F2N3O2/c1-2-19(26)25-8-3-5-15(14-25)20(27)24-10-4-9-23(11-12-24)16-6-7-17(21)18(22)13-16/h6-7,13,15H,2-5,8-12,14H2,1H3. The number of hydrogen-bond acceptors (Lipinski definition) is 3. The second kappa shape index (κ2) is 8.67. The molecule has 3 rings (SSSR count). The average Bonchev–Trinajstić information content (AvgIpc) is 2.95. The molecule has 0 aliphatic carbocycles. The quantitative estimate of drug-likeness (QED) is 0.811. The van der Waals surface area contributed by atoms with Crippen LogP contribution in [0, 0.1) is 17.6 Å². The number of hydrogen-bond donors (Lipinski definition) is 0. The molecule has 2 heterocycles. The number of rotatable bonds is 3. The maximum Gasteiger partial charge on any atom is 0.227 e. The molecule has 1 unspecified atom stereocenters. The smallest absolute Gasteiger partial charge is 0.227 e. The number of halogens is 2. The van der Waals surface area contributed by atoms with Crippen LogP contribution in [0.4, 0.5) is 14.5 Å². The van der Waals surface area contributed by atoms with Crippen LogP contribution in [0.3, 0.4) is 0 Å². The van der Waals surface area contributed by atoms with Gasteiger partial charge in [0, 0.05) is 57.4 Å². The summed E-state index contributed by atoms with van der Waals surface area (Å²) < 4.78 is 26.7. The largest absolute Gasteiger partial charge is 0.370 e. The van der Waals surface area contributed by atoms with Crippen molar-refractivity contribution in [3.8, 4) is 0 Å². The van der Waals surface area contributed by atoms with Crippen LogP contribution in [-0.2, 0) is 9.59 Å². The van der Waals surface area contributed by atoms with Crippen molar-refractivity contribution in [1.82, 2.24) is 9.80 Å². The van der Waals surface area contributed by atoms with E-state index in [-0.39, 0.29) is 17.7 Å². The Morgan fingerprint density at radius 3 is 2.52 bits per heavy atom. The summed E-state index contributed by atoms with van der Waals surface area (Å²) in [5.74, 6) is -1.63. The summed E-state index contributed by atoms with van der Waals surface area (Å²) >= 11 is 0. The van der Waals surface area contributed by atoms with Crippen molar-refractivity contribution in [2.75, 3.05) is 44.2 Å². The predicted octanol–water partition coefficient (Wildman–Crippen LogP) is 2.65. The van der Waals surface area contributed by atoms with Crippen LogP contribution in [0.2, 0.25) is 0 Å². The highest BCUT2D eigenvalue weighted by molar-refractivity contribution is 5.81. The summed E-state index contributed by atoms with van der Waals surface area (Å²) in [4.78, 5) is 30.6. The van der Waals surface area contributed by atoms with Crippen LogP contribution in [0.15, 0.2) is 18.2 Å². The molecule has 1 atom stereocenters. The van der Waals surface area contributed by atoms with Gasteiger partial charge in [-0.05, 0) is 31.4 Å². The molecule has 1 aromatic carbocycles. The molecule has 0 saturated carbocycles. The number of piperidine rings is 1. The Morgan fingerprint density at radius 1 is 1.00 bits per heavy atom. The highest BCUT2D eigenvalue weighted by Gasteiger charge is 2.31. The fourth-order valence-corrected chi connectivity index (χ4v) is 3.96. The lowest BCUT2D eigenvalue weighted by atomic mass is 9.96. The molecule has 7 heteroatoms. The molecule has 0 spiro atoms. The van der Waals surface area contributed by atoms with E-state index in [1.54, 1.807) is 11.0 Å². The zero-order chi connectivity index (χ0) is 19.4. The lowest BCUT2D eigenvalue weighted by Gasteiger charge is -2.34. The van der Waals surface area contributed by atoms with Gasteiger partial charge in [-0.15, -0.1) is 0 Å². The monoisotopic (exact) mass is 379 g/mol. The van der Waals surface area contributed by atoms with Gasteiger partial charge in [0.25, 0.3) is 0 Å². The van der Waals surface area contributed by atoms with Crippen molar-refractivity contribution >= 4 is 17.5 Å². The highest BCUT2D eigenvalue weighted by atomic mass is 19.2. The molecule has 2 amide bonds. The number of anilines is 1. The van der Waals surface area contributed by atoms with E-state index >= 15 is 0 Å². The van der Waals surface area contributed by atoms with Gasteiger partial charge in [0.05, 0.1) is 5.92 Å². The van der Waals surface area contributed by atoms with Crippen molar-refractivity contribution < 1.29 is 18.4 Å². The van der Waals surface area contributed by atoms with E-state index in [4.69, 9.17) is 0 Å². The Balaban J connectivity index is 1.60. The van der Waals surface area contributed by atoms with Gasteiger partial charge in [0.1, 0.15) is 0 Å². The molecule has 0 N–H and O–H groups in total. The fraction of sp³-hybridized carbons (Fsp3) is 0.600. The molecule has 1 aromatic rings. The van der Waals surface area contributed by atoms with E-state index in [2.05, 4.69) is 0 Å². The minimum atomic E-state index is -0.854. The van der Waals surface area contributed by atoms with Crippen molar-refractivity contribution in [3.05, 3.63) is 29.8 Å². The Kier molecular flexibility index (Phi) is 6.29. The lowest BCUT2D eigenvalue weighted by Crippen LogP contribution is -2.47. The predicted molar refractivity (Wildman–Crippen MR) is 99.4 cm³/mol. The van der Waals surface area contributed by atoms with E-state index < -0.39 is 11.6 Å². The van der Waals surface area contributed by atoms with Crippen LogP contribution in [0.1, 0.15) is 32.6 Å². The zero-order valence-electron chi connectivity index (χ0n) is 15.8. The van der Waals surface area contributed by atoms with Gasteiger partial charge >= 0.3 is 0 Å². The molecular weight excluding hydrogens is 352 g/mol. The molecule has 148 valence electrons. The van der Waals surface area contributed by atoms with Crippen LogP contribution < -0.4 is 4.90 Å². The summed E-state index contributed by atoms with van der Waals surface area (Å²) in [6, 6.07) is 3.92. The summed E-state index contributed by atoms with van der Waals surface area (Å²) in [5.41, 5.74) is 0.639. The van der Waals surface area contributed by atoms with Gasteiger partial charge in [-0.1, -0.05) is 6.92 Å². The lowest BCUT2D eigenvalue weighted by molar-refractivity contribution is -0.140. The number of carbonyl (C=O) groups excluding carboxylic acids is 2. The molecule has 0 bridgehead atoms. The van der Waals surface area contributed by atoms with Gasteiger partial charge in [0.2, 0.25) is 11.8 Å². The van der Waals surface area contributed by atoms with Gasteiger partial charge in [0.15, 0.2) is 11.6 Å². The molecule has 2 saturated heterocycles. The molecule has 0 aromatic heterocycles. The average molecular weight is 379 g/mol. The number of carbonyl (C=O) groups is 2. The van der Waals surface area contributed by atoms with E-state index in [0.29, 0.717) is 44.8 Å². The number of benzene rings is 1. The topological polar surface area (TPSA) is 43.9 Å². The maximum absolute atomic E-state index is 13.5. The second-order valence-corrected chi connectivity index (χ2v) is 7.30. The third-order valence-electron chi connectivity index (χ3n) is 5.50. The molecule has 5 nitrogen and oxygen atoms in total. The van der Waals surface area contributed by atoms with E-state index in [9.17, 15) is 18.4 Å². The van der Waals surface area contributed by atoms with Gasteiger partial charge in [-0.2, -0.15) is 0 Å². The van der Waals surface area contributed by atoms with Crippen molar-refractivity contribution in [3.63, 3.8) is 0 Å². The zero-order valence-corrected chi connectivity index (χ0v) is 15.8. The molecule has 2 fully saturated rings. The van der Waals surface area contributed by atoms with Gasteiger partial charge in [-0.25, -0.2) is 8.78 Å². The Bertz CT molecular complexity index is 698. The third-order valence-corrected chi connectivity index (χ3v) is 5.50. The molecule has 27 heavy (non-hydrogen) atoms. The summed E-state index contributed by atoms with van der Waals surface area (Å²) in [6.45, 7) is 5.57. The van der Waals surface area contributed by atoms with E-state index in [1.165, 1.54) is 6.07 Å². The maximum atomic E-state index is 13.5. The second-order valence-electron chi connectivity index (χ2n) is 7.30. The van der Waals surface area contributed by atoms with E-state index in [0.717, 1.165) is 31.9 Å². The highest BCUT2D eigenvalue weighted by Crippen LogP contribution is 2.23. The first-order chi connectivity index (χ1) is 13.0. The van der Waals surface area contributed by atoms with Crippen LogP contribution >= 0.6 is 0 Å². The van der Waals surface area contributed by atoms with Crippen molar-refractivity contribution in [1.29, 1.82) is 0 Å². The molecule has 2 aliphatic heterocycles. The molecular formula is C20H27F2N3O2. The minimum absolute atomic E-state index is 0.105.